The zero-order valence-electron chi connectivity index (χ0n) is 17.7. The van der Waals surface area contributed by atoms with Crippen LogP contribution in [0.2, 0.25) is 0 Å². The number of nitro groups is 1. The van der Waals surface area contributed by atoms with Crippen molar-refractivity contribution in [2.45, 2.75) is 57.8 Å². The zero-order valence-corrected chi connectivity index (χ0v) is 17.7. The normalized spacial score (nSPS) is 15.0. The van der Waals surface area contributed by atoms with Gasteiger partial charge in [-0.25, -0.2) is 0 Å². The number of nitriles is 1. The van der Waals surface area contributed by atoms with E-state index in [0.29, 0.717) is 16.7 Å². The van der Waals surface area contributed by atoms with E-state index in [1.54, 1.807) is 24.3 Å². The van der Waals surface area contributed by atoms with Gasteiger partial charge >= 0.3 is 5.97 Å². The van der Waals surface area contributed by atoms with Gasteiger partial charge in [-0.15, -0.1) is 0 Å². The number of aliphatic hydroxyl groups excluding tert-OH is 2. The highest BCUT2D eigenvalue weighted by Gasteiger charge is 2.30. The molecule has 0 spiro atoms. The van der Waals surface area contributed by atoms with Gasteiger partial charge in [-0.05, 0) is 53.6 Å². The van der Waals surface area contributed by atoms with E-state index in [-0.39, 0.29) is 29.2 Å². The molecule has 1 atom stereocenters. The van der Waals surface area contributed by atoms with Crippen LogP contribution in [0, 0.1) is 27.4 Å². The molecule has 0 radical (unpaired) electrons. The Balaban J connectivity index is 2.02. The molecule has 1 aliphatic rings. The van der Waals surface area contributed by atoms with Gasteiger partial charge in [-0.1, -0.05) is 31.4 Å². The molecule has 3 rings (SSSR count). The van der Waals surface area contributed by atoms with Gasteiger partial charge in [0.05, 0.1) is 35.3 Å². The van der Waals surface area contributed by atoms with Gasteiger partial charge in [-0.3, -0.25) is 14.9 Å². The molecule has 1 saturated carbocycles. The summed E-state index contributed by atoms with van der Waals surface area (Å²) in [6.45, 7) is -0.906. The Morgan fingerprint density at radius 1 is 1.12 bits per heavy atom. The first kappa shape index (κ1) is 23.4. The van der Waals surface area contributed by atoms with Crippen molar-refractivity contribution in [3.05, 3.63) is 74.3 Å². The van der Waals surface area contributed by atoms with Crippen molar-refractivity contribution in [2.24, 2.45) is 5.92 Å². The van der Waals surface area contributed by atoms with E-state index < -0.39 is 30.2 Å². The van der Waals surface area contributed by atoms with Crippen LogP contribution in [0.4, 0.5) is 5.69 Å². The summed E-state index contributed by atoms with van der Waals surface area (Å²) in [6, 6.07) is 10.9. The number of esters is 1. The Bertz CT molecular complexity index is 1010. The number of nitrogens with zero attached hydrogens (tertiary/aromatic N) is 2. The topological polar surface area (TPSA) is 134 Å². The molecule has 0 amide bonds. The van der Waals surface area contributed by atoms with E-state index in [1.165, 1.54) is 12.1 Å². The summed E-state index contributed by atoms with van der Waals surface area (Å²) in [7, 11) is 0. The average molecular weight is 438 g/mol. The fourth-order valence-electron chi connectivity index (χ4n) is 4.21. The van der Waals surface area contributed by atoms with E-state index in [1.807, 2.05) is 6.07 Å². The summed E-state index contributed by atoms with van der Waals surface area (Å²) < 4.78 is 5.79. The van der Waals surface area contributed by atoms with Gasteiger partial charge < -0.3 is 14.9 Å². The van der Waals surface area contributed by atoms with Gasteiger partial charge in [0.2, 0.25) is 0 Å². The molecular weight excluding hydrogens is 412 g/mol. The quantitative estimate of drug-likeness (QED) is 0.361. The number of rotatable bonds is 8. The summed E-state index contributed by atoms with van der Waals surface area (Å²) in [5.41, 5.74) is 1.22. The van der Waals surface area contributed by atoms with Crippen molar-refractivity contribution in [2.75, 3.05) is 0 Å². The summed E-state index contributed by atoms with van der Waals surface area (Å²) >= 11 is 0. The van der Waals surface area contributed by atoms with Crippen LogP contribution < -0.4 is 0 Å². The highest BCUT2D eigenvalue weighted by molar-refractivity contribution is 5.71. The third kappa shape index (κ3) is 5.49. The molecule has 0 bridgehead atoms. The monoisotopic (exact) mass is 438 g/mol. The van der Waals surface area contributed by atoms with Gasteiger partial charge in [0, 0.05) is 12.5 Å². The first-order valence-corrected chi connectivity index (χ1v) is 10.7. The number of benzene rings is 2. The first-order chi connectivity index (χ1) is 15.5. The van der Waals surface area contributed by atoms with Crippen LogP contribution in [-0.4, -0.2) is 21.1 Å². The number of hydrogen-bond donors (Lipinski definition) is 2. The van der Waals surface area contributed by atoms with E-state index in [9.17, 15) is 25.1 Å². The number of ether oxygens (including phenoxy) is 1. The second-order valence-electron chi connectivity index (χ2n) is 8.06. The molecule has 2 aromatic carbocycles. The lowest BCUT2D eigenvalue weighted by molar-refractivity contribution is -0.386. The Labute approximate surface area is 186 Å². The number of aliphatic hydroxyl groups is 2. The molecule has 8 nitrogen and oxygen atoms in total. The van der Waals surface area contributed by atoms with Gasteiger partial charge in [0.1, 0.15) is 0 Å². The maximum atomic E-state index is 12.8. The van der Waals surface area contributed by atoms with Crippen molar-refractivity contribution in [1.82, 2.24) is 0 Å². The average Bonchev–Trinajstić information content (AvgIpc) is 2.82. The summed E-state index contributed by atoms with van der Waals surface area (Å²) in [4.78, 5) is 24.0. The second kappa shape index (κ2) is 10.8. The lowest BCUT2D eigenvalue weighted by atomic mass is 9.87. The molecule has 168 valence electrons. The summed E-state index contributed by atoms with van der Waals surface area (Å²) in [5, 5.41) is 40.1. The van der Waals surface area contributed by atoms with E-state index in [4.69, 9.17) is 10.00 Å². The molecule has 0 heterocycles. The summed E-state index contributed by atoms with van der Waals surface area (Å²) in [6.07, 6.45) is 4.37. The highest BCUT2D eigenvalue weighted by atomic mass is 16.6. The SMILES string of the molecule is N#Cc1ccc(C(OC(=O)CC2CCCCC2)c2cc(CO)c(CO)cc2[N+](=O)[O-])cc1. The molecule has 0 saturated heterocycles. The summed E-state index contributed by atoms with van der Waals surface area (Å²) in [5.74, 6) is -0.213. The van der Waals surface area contributed by atoms with Crippen LogP contribution >= 0.6 is 0 Å². The molecule has 2 aromatic rings. The lowest BCUT2D eigenvalue weighted by Gasteiger charge is -2.24. The van der Waals surface area contributed by atoms with Crippen molar-refractivity contribution in [3.8, 4) is 6.07 Å². The molecule has 32 heavy (non-hydrogen) atoms. The molecule has 0 aliphatic heterocycles. The Kier molecular flexibility index (Phi) is 7.92. The van der Waals surface area contributed by atoms with Crippen molar-refractivity contribution in [1.29, 1.82) is 5.26 Å². The third-order valence-electron chi connectivity index (χ3n) is 5.94. The molecule has 1 fully saturated rings. The van der Waals surface area contributed by atoms with Crippen molar-refractivity contribution < 1.29 is 24.7 Å². The molecule has 1 unspecified atom stereocenters. The molecule has 0 aromatic heterocycles. The fourth-order valence-corrected chi connectivity index (χ4v) is 4.21. The largest absolute Gasteiger partial charge is 0.452 e. The zero-order chi connectivity index (χ0) is 23.1. The highest BCUT2D eigenvalue weighted by Crippen LogP contribution is 2.36. The van der Waals surface area contributed by atoms with E-state index >= 15 is 0 Å². The van der Waals surface area contributed by atoms with Crippen molar-refractivity contribution in [3.63, 3.8) is 0 Å². The van der Waals surface area contributed by atoms with E-state index in [2.05, 4.69) is 0 Å². The predicted octanol–water partition coefficient (Wildman–Crippen LogP) is 4.05. The molecule has 2 N–H and O–H groups in total. The molecular formula is C24H26N2O6. The first-order valence-electron chi connectivity index (χ1n) is 10.7. The van der Waals surface area contributed by atoms with Gasteiger partial charge in [-0.2, -0.15) is 5.26 Å². The third-order valence-corrected chi connectivity index (χ3v) is 5.94. The van der Waals surface area contributed by atoms with Crippen LogP contribution in [0.25, 0.3) is 0 Å². The standard InChI is InChI=1S/C24H26N2O6/c25-13-17-6-8-18(9-7-17)24(32-23(29)10-16-4-2-1-3-5-16)21-11-19(14-27)20(15-28)12-22(21)26(30)31/h6-9,11-12,16,24,27-28H,1-5,10,14-15H2. The number of hydrogen-bond acceptors (Lipinski definition) is 7. The minimum Gasteiger partial charge on any atom is -0.452 e. The fraction of sp³-hybridized carbons (Fsp3) is 0.417. The Hall–Kier alpha value is -3.28. The van der Waals surface area contributed by atoms with E-state index in [0.717, 1.165) is 32.1 Å². The van der Waals surface area contributed by atoms with Crippen LogP contribution in [0.1, 0.15) is 72.4 Å². The maximum absolute atomic E-state index is 12.8. The van der Waals surface area contributed by atoms with Crippen LogP contribution in [0.15, 0.2) is 36.4 Å². The van der Waals surface area contributed by atoms with Gasteiger partial charge in [0.25, 0.3) is 5.69 Å². The second-order valence-corrected chi connectivity index (χ2v) is 8.06. The molecule has 1 aliphatic carbocycles. The lowest BCUT2D eigenvalue weighted by Crippen LogP contribution is -2.19. The Morgan fingerprint density at radius 2 is 1.75 bits per heavy atom. The van der Waals surface area contributed by atoms with Crippen molar-refractivity contribution >= 4 is 11.7 Å². The predicted molar refractivity (Wildman–Crippen MR) is 115 cm³/mol. The van der Waals surface area contributed by atoms with Gasteiger partial charge in [0.15, 0.2) is 6.10 Å². The van der Waals surface area contributed by atoms with Crippen LogP contribution in [0.3, 0.4) is 0 Å². The minimum atomic E-state index is -1.09. The molecule has 8 heteroatoms. The minimum absolute atomic E-state index is 0.109. The smallest absolute Gasteiger partial charge is 0.307 e. The Morgan fingerprint density at radius 3 is 2.31 bits per heavy atom. The number of nitro benzene ring substituents is 1. The van der Waals surface area contributed by atoms with Crippen LogP contribution in [-0.2, 0) is 22.7 Å². The maximum Gasteiger partial charge on any atom is 0.307 e. The van der Waals surface area contributed by atoms with Crippen LogP contribution in [0.5, 0.6) is 0 Å². The number of carbonyl (C=O) groups excluding carboxylic acids is 1. The number of carbonyl (C=O) groups is 1.